The van der Waals surface area contributed by atoms with Crippen molar-refractivity contribution >= 4 is 21.6 Å². The number of sulfonamides is 1. The Labute approximate surface area is 157 Å². The molecular weight excluding hydrogens is 378 g/mol. The summed E-state index contributed by atoms with van der Waals surface area (Å²) < 4.78 is 36.9. The number of benzene rings is 1. The van der Waals surface area contributed by atoms with Crippen LogP contribution in [0.15, 0.2) is 23.1 Å². The van der Waals surface area contributed by atoms with Crippen LogP contribution in [0.4, 0.5) is 5.69 Å². The quantitative estimate of drug-likeness (QED) is 0.554. The minimum absolute atomic E-state index is 0.176. The third-order valence-corrected chi connectivity index (χ3v) is 5.50. The van der Waals surface area contributed by atoms with Crippen molar-refractivity contribution in [3.8, 4) is 5.75 Å². The van der Waals surface area contributed by atoms with E-state index >= 15 is 0 Å². The molecule has 0 aliphatic carbocycles. The van der Waals surface area contributed by atoms with Crippen molar-refractivity contribution < 1.29 is 27.6 Å². The number of hydrogen-bond donors (Lipinski definition) is 1. The predicted octanol–water partition coefficient (Wildman–Crippen LogP) is 0.909. The lowest BCUT2D eigenvalue weighted by Gasteiger charge is -2.26. The number of nitrogens with one attached hydrogen (secondary N) is 1. The van der Waals surface area contributed by atoms with Gasteiger partial charge in [0.15, 0.2) is 12.4 Å². The Hall–Kier alpha value is -2.24. The molecule has 0 aromatic heterocycles. The Bertz CT molecular complexity index is 812. The Balaban J connectivity index is 2.21. The van der Waals surface area contributed by atoms with Crippen LogP contribution in [0.25, 0.3) is 0 Å². The Morgan fingerprint density at radius 3 is 2.52 bits per heavy atom. The lowest BCUT2D eigenvalue weighted by atomic mass is 10.1. The van der Waals surface area contributed by atoms with Crippen LogP contribution in [0, 0.1) is 10.1 Å². The molecule has 0 saturated carbocycles. The minimum atomic E-state index is -3.88. The molecule has 27 heavy (non-hydrogen) atoms. The topological polar surface area (TPSA) is 128 Å². The van der Waals surface area contributed by atoms with E-state index in [-0.39, 0.29) is 36.9 Å². The summed E-state index contributed by atoms with van der Waals surface area (Å²) in [5, 5.41) is 14.0. The number of hydrogen-bond acceptors (Lipinski definition) is 7. The molecule has 1 heterocycles. The van der Waals surface area contributed by atoms with Crippen LogP contribution in [0.1, 0.15) is 20.8 Å². The maximum atomic E-state index is 12.6. The van der Waals surface area contributed by atoms with Crippen LogP contribution in [-0.4, -0.2) is 62.0 Å². The van der Waals surface area contributed by atoms with Crippen molar-refractivity contribution in [2.24, 2.45) is 0 Å². The van der Waals surface area contributed by atoms with Crippen molar-refractivity contribution in [3.63, 3.8) is 0 Å². The van der Waals surface area contributed by atoms with Gasteiger partial charge in [0.25, 0.3) is 5.91 Å². The fourth-order valence-electron chi connectivity index (χ4n) is 2.46. The summed E-state index contributed by atoms with van der Waals surface area (Å²) in [7, 11) is -3.88. The van der Waals surface area contributed by atoms with Gasteiger partial charge in [-0.3, -0.25) is 14.9 Å². The summed E-state index contributed by atoms with van der Waals surface area (Å²) in [6.07, 6.45) is 0. The Morgan fingerprint density at radius 1 is 1.33 bits per heavy atom. The fraction of sp³-hybridized carbons (Fsp3) is 0.562. The van der Waals surface area contributed by atoms with Gasteiger partial charge in [-0.15, -0.1) is 0 Å². The largest absolute Gasteiger partial charge is 0.477 e. The number of morpholine rings is 1. The first-order valence-electron chi connectivity index (χ1n) is 8.31. The lowest BCUT2D eigenvalue weighted by Crippen LogP contribution is -2.43. The highest BCUT2D eigenvalue weighted by Gasteiger charge is 2.29. The Morgan fingerprint density at radius 2 is 1.96 bits per heavy atom. The summed E-state index contributed by atoms with van der Waals surface area (Å²) >= 11 is 0. The third-order valence-electron chi connectivity index (χ3n) is 3.61. The predicted molar refractivity (Wildman–Crippen MR) is 96.1 cm³/mol. The van der Waals surface area contributed by atoms with Gasteiger partial charge in [-0.1, -0.05) is 0 Å². The fourth-order valence-corrected chi connectivity index (χ4v) is 3.88. The molecule has 2 rings (SSSR count). The monoisotopic (exact) mass is 401 g/mol. The number of carbonyl (C=O) groups is 1. The van der Waals surface area contributed by atoms with Gasteiger partial charge in [0, 0.05) is 24.7 Å². The first-order valence-corrected chi connectivity index (χ1v) is 9.75. The molecule has 150 valence electrons. The maximum Gasteiger partial charge on any atom is 0.312 e. The number of nitrogens with zero attached hydrogens (tertiary/aromatic N) is 2. The van der Waals surface area contributed by atoms with E-state index < -0.39 is 38.7 Å². The number of ether oxygens (including phenoxy) is 2. The second-order valence-corrected chi connectivity index (χ2v) is 8.93. The second kappa shape index (κ2) is 8.19. The summed E-state index contributed by atoms with van der Waals surface area (Å²) in [5.74, 6) is -0.619. The van der Waals surface area contributed by atoms with Crippen LogP contribution in [0.3, 0.4) is 0 Å². The standard InChI is InChI=1S/C16H23N3O7S/c1-16(2,3)17-15(20)11-26-14-5-4-12(10-13(14)19(21)22)27(23,24)18-6-8-25-9-7-18/h4-5,10H,6-9,11H2,1-3H3,(H,17,20). The molecule has 10 nitrogen and oxygen atoms in total. The van der Waals surface area contributed by atoms with E-state index in [1.807, 2.05) is 0 Å². The number of nitro benzene ring substituents is 1. The number of rotatable bonds is 6. The van der Waals surface area contributed by atoms with Crippen molar-refractivity contribution in [2.45, 2.75) is 31.2 Å². The van der Waals surface area contributed by atoms with E-state index in [9.17, 15) is 23.3 Å². The molecule has 1 saturated heterocycles. The van der Waals surface area contributed by atoms with Gasteiger partial charge in [-0.25, -0.2) is 8.42 Å². The van der Waals surface area contributed by atoms with Crippen molar-refractivity contribution in [1.29, 1.82) is 0 Å². The summed E-state index contributed by atoms with van der Waals surface area (Å²) in [6, 6.07) is 3.37. The Kier molecular flexibility index (Phi) is 6.39. The molecular formula is C16H23N3O7S. The third kappa shape index (κ3) is 5.62. The zero-order valence-electron chi connectivity index (χ0n) is 15.4. The zero-order valence-corrected chi connectivity index (χ0v) is 16.2. The summed E-state index contributed by atoms with van der Waals surface area (Å²) in [6.45, 7) is 5.85. The van der Waals surface area contributed by atoms with Crippen LogP contribution in [0.5, 0.6) is 5.75 Å². The maximum absolute atomic E-state index is 12.6. The normalized spacial score (nSPS) is 16.0. The number of amides is 1. The molecule has 1 aliphatic rings. The minimum Gasteiger partial charge on any atom is -0.477 e. The second-order valence-electron chi connectivity index (χ2n) is 6.99. The van der Waals surface area contributed by atoms with Gasteiger partial charge in [0.2, 0.25) is 10.0 Å². The number of nitro groups is 1. The SMILES string of the molecule is CC(C)(C)NC(=O)COc1ccc(S(=O)(=O)N2CCOCC2)cc1[N+](=O)[O-]. The van der Waals surface area contributed by atoms with Gasteiger partial charge in [-0.05, 0) is 32.9 Å². The van der Waals surface area contributed by atoms with Crippen LogP contribution < -0.4 is 10.1 Å². The van der Waals surface area contributed by atoms with Crippen molar-refractivity contribution in [2.75, 3.05) is 32.9 Å². The van der Waals surface area contributed by atoms with Crippen LogP contribution >= 0.6 is 0 Å². The average Bonchev–Trinajstić information content (AvgIpc) is 2.59. The van der Waals surface area contributed by atoms with Crippen molar-refractivity contribution in [1.82, 2.24) is 9.62 Å². The molecule has 0 radical (unpaired) electrons. The van der Waals surface area contributed by atoms with Gasteiger partial charge in [0.1, 0.15) is 0 Å². The highest BCUT2D eigenvalue weighted by molar-refractivity contribution is 7.89. The van der Waals surface area contributed by atoms with E-state index in [1.54, 1.807) is 20.8 Å². The summed E-state index contributed by atoms with van der Waals surface area (Å²) in [5.41, 5.74) is -0.990. The highest BCUT2D eigenvalue weighted by Crippen LogP contribution is 2.31. The van der Waals surface area contributed by atoms with Gasteiger partial charge >= 0.3 is 5.69 Å². The molecule has 1 N–H and O–H groups in total. The van der Waals surface area contributed by atoms with E-state index in [2.05, 4.69) is 5.32 Å². The van der Waals surface area contributed by atoms with Gasteiger partial charge < -0.3 is 14.8 Å². The molecule has 0 unspecified atom stereocenters. The molecule has 11 heteroatoms. The molecule has 0 bridgehead atoms. The molecule has 0 spiro atoms. The van der Waals surface area contributed by atoms with E-state index in [0.29, 0.717) is 0 Å². The smallest absolute Gasteiger partial charge is 0.312 e. The average molecular weight is 401 g/mol. The van der Waals surface area contributed by atoms with Gasteiger partial charge in [0.05, 0.1) is 23.0 Å². The zero-order chi connectivity index (χ0) is 20.2. The van der Waals surface area contributed by atoms with E-state index in [4.69, 9.17) is 9.47 Å². The van der Waals surface area contributed by atoms with E-state index in [1.165, 1.54) is 16.4 Å². The molecule has 1 aromatic rings. The van der Waals surface area contributed by atoms with Crippen LogP contribution in [0.2, 0.25) is 0 Å². The first-order chi connectivity index (χ1) is 12.5. The van der Waals surface area contributed by atoms with Crippen LogP contribution in [-0.2, 0) is 19.6 Å². The lowest BCUT2D eigenvalue weighted by molar-refractivity contribution is -0.386. The van der Waals surface area contributed by atoms with Crippen molar-refractivity contribution in [3.05, 3.63) is 28.3 Å². The molecule has 1 aromatic carbocycles. The van der Waals surface area contributed by atoms with E-state index in [0.717, 1.165) is 6.07 Å². The molecule has 1 aliphatic heterocycles. The molecule has 0 atom stereocenters. The molecule has 1 fully saturated rings. The summed E-state index contributed by atoms with van der Waals surface area (Å²) in [4.78, 5) is 22.2. The van der Waals surface area contributed by atoms with Gasteiger partial charge in [-0.2, -0.15) is 4.31 Å². The first kappa shape index (κ1) is 21.1. The number of carbonyl (C=O) groups excluding carboxylic acids is 1. The highest BCUT2D eigenvalue weighted by atomic mass is 32.2. The molecule has 1 amide bonds.